The van der Waals surface area contributed by atoms with Crippen LogP contribution in [0.4, 0.5) is 10.1 Å². The van der Waals surface area contributed by atoms with Gasteiger partial charge in [-0.1, -0.05) is 32.9 Å². The molecule has 0 radical (unpaired) electrons. The number of aryl methyl sites for hydroxylation is 1. The van der Waals surface area contributed by atoms with Gasteiger partial charge in [-0.15, -0.1) is 0 Å². The van der Waals surface area contributed by atoms with E-state index in [4.69, 9.17) is 19.2 Å². The van der Waals surface area contributed by atoms with Gasteiger partial charge in [-0.05, 0) is 75.3 Å². The molecule has 2 aromatic heterocycles. The lowest BCUT2D eigenvalue weighted by atomic mass is 9.82. The molecular formula is C34H44FN3O5. The number of ether oxygens (including phenoxy) is 3. The van der Waals surface area contributed by atoms with Gasteiger partial charge in [0.25, 0.3) is 5.88 Å². The van der Waals surface area contributed by atoms with Crippen LogP contribution in [0.15, 0.2) is 42.6 Å². The number of carboxylic acids is 1. The fourth-order valence-electron chi connectivity index (χ4n) is 5.19. The maximum absolute atomic E-state index is 13.3. The highest BCUT2D eigenvalue weighted by molar-refractivity contribution is 5.85. The molecule has 8 nitrogen and oxygen atoms in total. The van der Waals surface area contributed by atoms with E-state index in [1.807, 2.05) is 33.8 Å². The fourth-order valence-corrected chi connectivity index (χ4v) is 5.19. The van der Waals surface area contributed by atoms with E-state index in [1.165, 1.54) is 19.2 Å². The molecule has 3 heterocycles. The number of rotatable bonds is 12. The van der Waals surface area contributed by atoms with Crippen molar-refractivity contribution in [2.24, 2.45) is 5.41 Å². The van der Waals surface area contributed by atoms with E-state index in [0.717, 1.165) is 37.2 Å². The first kappa shape index (κ1) is 32.2. The monoisotopic (exact) mass is 593 g/mol. The second-order valence-corrected chi connectivity index (χ2v) is 12.5. The summed E-state index contributed by atoms with van der Waals surface area (Å²) in [5.74, 6) is -0.547. The van der Waals surface area contributed by atoms with Gasteiger partial charge >= 0.3 is 5.97 Å². The van der Waals surface area contributed by atoms with Crippen molar-refractivity contribution in [3.8, 4) is 22.9 Å². The summed E-state index contributed by atoms with van der Waals surface area (Å²) in [5, 5.41) is 10.4. The van der Waals surface area contributed by atoms with Crippen molar-refractivity contribution >= 4 is 11.7 Å². The molecule has 1 aromatic carbocycles. The van der Waals surface area contributed by atoms with Gasteiger partial charge in [-0.3, -0.25) is 4.98 Å². The maximum atomic E-state index is 13.3. The normalized spacial score (nSPS) is 15.7. The van der Waals surface area contributed by atoms with E-state index in [2.05, 4.69) is 23.7 Å². The molecule has 0 saturated carbocycles. The Hall–Kier alpha value is -3.72. The van der Waals surface area contributed by atoms with Crippen LogP contribution in [0, 0.1) is 18.2 Å². The molecule has 0 spiro atoms. The molecule has 1 aliphatic heterocycles. The maximum Gasteiger partial charge on any atom is 0.337 e. The van der Waals surface area contributed by atoms with Gasteiger partial charge in [-0.2, -0.15) is 0 Å². The quantitative estimate of drug-likeness (QED) is 0.236. The number of carbonyl (C=O) groups is 1. The molecule has 3 aromatic rings. The first-order valence-corrected chi connectivity index (χ1v) is 14.9. The third-order valence-corrected chi connectivity index (χ3v) is 8.35. The number of pyridine rings is 2. The molecule has 0 bridgehead atoms. The van der Waals surface area contributed by atoms with E-state index in [9.17, 15) is 14.3 Å². The number of carboxylic acid groups (broad SMARTS) is 1. The minimum Gasteiger partial charge on any atom is -0.488 e. The van der Waals surface area contributed by atoms with Gasteiger partial charge in [0.1, 0.15) is 5.82 Å². The summed E-state index contributed by atoms with van der Waals surface area (Å²) in [6.45, 7) is 14.0. The van der Waals surface area contributed by atoms with Gasteiger partial charge < -0.3 is 24.2 Å². The first-order chi connectivity index (χ1) is 20.3. The van der Waals surface area contributed by atoms with Crippen molar-refractivity contribution in [3.05, 3.63) is 65.2 Å². The Morgan fingerprint density at radius 2 is 1.81 bits per heavy atom. The smallest absolute Gasteiger partial charge is 0.337 e. The predicted octanol–water partition coefficient (Wildman–Crippen LogP) is 7.18. The average molecular weight is 594 g/mol. The standard InChI is InChI=1S/C34H44FN3O5/c1-8-34(5,6)43-30(32(39)40)28-22(2)36-21-25(29(28)38-18-16-33(3,4)17-19-38)26-13-14-27(31(37-26)41-7)42-20-15-23-9-11-24(35)12-10-23/h9-14,21,30H,8,15-20H2,1-7H3,(H,39,40). The second kappa shape index (κ2) is 13.3. The van der Waals surface area contributed by atoms with Crippen LogP contribution >= 0.6 is 0 Å². The fraction of sp³-hybridized carbons (Fsp3) is 0.500. The molecule has 1 unspecified atom stereocenters. The molecular weight excluding hydrogens is 549 g/mol. The molecule has 1 atom stereocenters. The zero-order chi connectivity index (χ0) is 31.4. The molecule has 0 amide bonds. The number of aromatic nitrogens is 2. The third kappa shape index (κ3) is 7.82. The number of methoxy groups -OCH3 is 1. The molecule has 1 saturated heterocycles. The van der Waals surface area contributed by atoms with Crippen LogP contribution in [0.25, 0.3) is 11.3 Å². The molecule has 232 valence electrons. The zero-order valence-corrected chi connectivity index (χ0v) is 26.4. The van der Waals surface area contributed by atoms with Gasteiger partial charge in [0, 0.05) is 42.5 Å². The van der Waals surface area contributed by atoms with Gasteiger partial charge in [0.05, 0.1) is 30.7 Å². The minimum atomic E-state index is -1.21. The van der Waals surface area contributed by atoms with E-state index >= 15 is 0 Å². The third-order valence-electron chi connectivity index (χ3n) is 8.35. The van der Waals surface area contributed by atoms with Crippen molar-refractivity contribution in [3.63, 3.8) is 0 Å². The highest BCUT2D eigenvalue weighted by Gasteiger charge is 2.36. The lowest BCUT2D eigenvalue weighted by molar-refractivity contribution is -0.162. The Morgan fingerprint density at radius 1 is 1.14 bits per heavy atom. The number of halogens is 1. The van der Waals surface area contributed by atoms with Crippen LogP contribution in [0.2, 0.25) is 0 Å². The van der Waals surface area contributed by atoms with Crippen LogP contribution in [0.3, 0.4) is 0 Å². The van der Waals surface area contributed by atoms with Crippen LogP contribution in [0.5, 0.6) is 11.6 Å². The highest BCUT2D eigenvalue weighted by atomic mass is 19.1. The molecule has 9 heteroatoms. The van der Waals surface area contributed by atoms with Crippen LogP contribution in [-0.4, -0.2) is 53.5 Å². The molecule has 1 fully saturated rings. The van der Waals surface area contributed by atoms with Crippen molar-refractivity contribution < 1.29 is 28.5 Å². The summed E-state index contributed by atoms with van der Waals surface area (Å²) >= 11 is 0. The molecule has 4 rings (SSSR count). The number of hydrogen-bond donors (Lipinski definition) is 1. The summed E-state index contributed by atoms with van der Waals surface area (Å²) in [6, 6.07) is 9.98. The van der Waals surface area contributed by atoms with Crippen molar-refractivity contribution in [2.75, 3.05) is 31.7 Å². The number of nitrogens with zero attached hydrogens (tertiary/aromatic N) is 3. The van der Waals surface area contributed by atoms with Gasteiger partial charge in [0.2, 0.25) is 0 Å². The Balaban J connectivity index is 1.75. The molecule has 43 heavy (non-hydrogen) atoms. The topological polar surface area (TPSA) is 94.0 Å². The summed E-state index contributed by atoms with van der Waals surface area (Å²) in [7, 11) is 1.53. The Kier molecular flexibility index (Phi) is 9.95. The van der Waals surface area contributed by atoms with Crippen LogP contribution in [-0.2, 0) is 16.0 Å². The lowest BCUT2D eigenvalue weighted by Crippen LogP contribution is -2.39. The van der Waals surface area contributed by atoms with E-state index in [0.29, 0.717) is 53.6 Å². The minimum absolute atomic E-state index is 0.195. The Labute approximate surface area is 254 Å². The van der Waals surface area contributed by atoms with E-state index < -0.39 is 17.7 Å². The largest absolute Gasteiger partial charge is 0.488 e. The van der Waals surface area contributed by atoms with Gasteiger partial charge in [0.15, 0.2) is 11.9 Å². The first-order valence-electron chi connectivity index (χ1n) is 14.9. The number of aliphatic carboxylic acids is 1. The molecule has 1 N–H and O–H groups in total. The number of piperidine rings is 1. The number of anilines is 1. The Bertz CT molecular complexity index is 1410. The van der Waals surface area contributed by atoms with Crippen molar-refractivity contribution in [1.29, 1.82) is 0 Å². The summed E-state index contributed by atoms with van der Waals surface area (Å²) in [6.07, 6.45) is 3.72. The Morgan fingerprint density at radius 3 is 2.42 bits per heavy atom. The summed E-state index contributed by atoms with van der Waals surface area (Å²) < 4.78 is 31.1. The average Bonchev–Trinajstić information content (AvgIpc) is 2.97. The number of hydrogen-bond acceptors (Lipinski definition) is 7. The zero-order valence-electron chi connectivity index (χ0n) is 26.4. The van der Waals surface area contributed by atoms with Crippen LogP contribution < -0.4 is 14.4 Å². The van der Waals surface area contributed by atoms with E-state index in [1.54, 1.807) is 24.4 Å². The summed E-state index contributed by atoms with van der Waals surface area (Å²) in [4.78, 5) is 24.5. The SMILES string of the molecule is CCC(C)(C)OC(C(=O)O)c1c(C)ncc(-c2ccc(OCCc3ccc(F)cc3)c(OC)n2)c1N1CCC(C)(C)CC1. The van der Waals surface area contributed by atoms with Crippen LogP contribution in [0.1, 0.15) is 76.8 Å². The predicted molar refractivity (Wildman–Crippen MR) is 165 cm³/mol. The van der Waals surface area contributed by atoms with E-state index in [-0.39, 0.29) is 11.2 Å². The van der Waals surface area contributed by atoms with Gasteiger partial charge in [-0.25, -0.2) is 14.2 Å². The van der Waals surface area contributed by atoms with Crippen molar-refractivity contribution in [1.82, 2.24) is 9.97 Å². The molecule has 1 aliphatic rings. The van der Waals surface area contributed by atoms with Crippen molar-refractivity contribution in [2.45, 2.75) is 78.9 Å². The lowest BCUT2D eigenvalue weighted by Gasteiger charge is -2.41. The highest BCUT2D eigenvalue weighted by Crippen LogP contribution is 2.44. The number of benzene rings is 1. The summed E-state index contributed by atoms with van der Waals surface area (Å²) in [5.41, 5.74) is 3.74. The second-order valence-electron chi connectivity index (χ2n) is 12.5. The molecule has 0 aliphatic carbocycles.